The van der Waals surface area contributed by atoms with Gasteiger partial charge in [0.1, 0.15) is 5.56 Å². The smallest absolute Gasteiger partial charge is 0.341 e. The molecule has 2 fully saturated rings. The number of carboxylic acids is 1. The third kappa shape index (κ3) is 3.04. The molecule has 0 spiro atoms. The number of benzene rings is 1. The summed E-state index contributed by atoms with van der Waals surface area (Å²) < 4.78 is 1.96. The first-order valence-electron chi connectivity index (χ1n) is 10.2. The van der Waals surface area contributed by atoms with Crippen LogP contribution < -0.4 is 10.3 Å². The highest BCUT2D eigenvalue weighted by Gasteiger charge is 2.44. The summed E-state index contributed by atoms with van der Waals surface area (Å²) in [7, 11) is 0. The molecule has 156 valence electrons. The number of carboxylic acid groups (broad SMARTS) is 1. The molecule has 2 unspecified atom stereocenters. The number of rotatable bonds is 4. The molecule has 2 aliphatic rings. The molecule has 1 saturated heterocycles. The van der Waals surface area contributed by atoms with Crippen molar-refractivity contribution >= 4 is 22.6 Å². The Morgan fingerprint density at radius 2 is 1.83 bits per heavy atom. The molecular weight excluding hydrogens is 372 g/mol. The zero-order chi connectivity index (χ0) is 21.1. The van der Waals surface area contributed by atoms with E-state index in [1.165, 1.54) is 6.20 Å². The number of hydrogen-bond donors (Lipinski definition) is 3. The highest BCUT2D eigenvalue weighted by molar-refractivity contribution is 5.95. The van der Waals surface area contributed by atoms with Crippen LogP contribution in [0, 0.1) is 18.8 Å². The number of carbonyl (C=O) groups is 1. The van der Waals surface area contributed by atoms with E-state index in [-0.39, 0.29) is 30.0 Å². The maximum absolute atomic E-state index is 12.8. The Kier molecular flexibility index (Phi) is 4.70. The first-order valence-corrected chi connectivity index (χ1v) is 10.2. The second kappa shape index (κ2) is 6.85. The fourth-order valence-corrected chi connectivity index (χ4v) is 4.79. The lowest BCUT2D eigenvalue weighted by atomic mass is 9.75. The molecule has 0 bridgehead atoms. The number of aliphatic hydroxyl groups excluding tert-OH is 1. The van der Waals surface area contributed by atoms with E-state index in [4.69, 9.17) is 0 Å². The third-order valence-corrected chi connectivity index (χ3v) is 6.88. The quantitative estimate of drug-likeness (QED) is 0.727. The Morgan fingerprint density at radius 1 is 1.21 bits per heavy atom. The molecule has 1 aliphatic heterocycles. The van der Waals surface area contributed by atoms with Crippen molar-refractivity contribution in [1.82, 2.24) is 4.57 Å². The lowest BCUT2D eigenvalue weighted by Crippen LogP contribution is -2.58. The Labute approximate surface area is 169 Å². The number of fused-ring (bicyclic) bond motifs is 1. The first-order chi connectivity index (χ1) is 13.7. The predicted octanol–water partition coefficient (Wildman–Crippen LogP) is 2.16. The summed E-state index contributed by atoms with van der Waals surface area (Å²) in [6.07, 6.45) is 3.44. The Hall–Kier alpha value is -2.38. The van der Waals surface area contributed by atoms with E-state index in [0.717, 1.165) is 29.6 Å². The fraction of sp³-hybridized carbons (Fsp3) is 0.545. The number of aromatic nitrogens is 1. The highest BCUT2D eigenvalue weighted by atomic mass is 16.4. The lowest BCUT2D eigenvalue weighted by Gasteiger charge is -2.48. The van der Waals surface area contributed by atoms with E-state index in [1.807, 2.05) is 31.4 Å². The molecule has 2 aromatic rings. The van der Waals surface area contributed by atoms with Gasteiger partial charge in [-0.1, -0.05) is 13.8 Å². The van der Waals surface area contributed by atoms with Crippen molar-refractivity contribution in [3.05, 3.63) is 39.7 Å². The minimum Gasteiger partial charge on any atom is -0.477 e. The maximum atomic E-state index is 12.8. The van der Waals surface area contributed by atoms with Gasteiger partial charge in [-0.05, 0) is 37.5 Å². The van der Waals surface area contributed by atoms with E-state index >= 15 is 0 Å². The van der Waals surface area contributed by atoms with Gasteiger partial charge in [-0.3, -0.25) is 4.79 Å². The molecule has 2 atom stereocenters. The van der Waals surface area contributed by atoms with Crippen molar-refractivity contribution in [2.24, 2.45) is 11.8 Å². The minimum atomic E-state index is -1.20. The predicted molar refractivity (Wildman–Crippen MR) is 111 cm³/mol. The highest BCUT2D eigenvalue weighted by Crippen LogP contribution is 2.41. The number of aromatic carboxylic acids is 1. The van der Waals surface area contributed by atoms with Crippen molar-refractivity contribution in [2.45, 2.75) is 45.3 Å². The Balaban J connectivity index is 1.85. The zero-order valence-electron chi connectivity index (χ0n) is 17.1. The molecule has 0 amide bonds. The lowest BCUT2D eigenvalue weighted by molar-refractivity contribution is -0.102. The summed E-state index contributed by atoms with van der Waals surface area (Å²) in [6.45, 7) is 6.77. The van der Waals surface area contributed by atoms with E-state index in [0.29, 0.717) is 18.5 Å². The van der Waals surface area contributed by atoms with Crippen LogP contribution in [0.2, 0.25) is 0 Å². The summed E-state index contributed by atoms with van der Waals surface area (Å²) in [5, 5.41) is 30.4. The molecule has 7 heteroatoms. The molecule has 29 heavy (non-hydrogen) atoms. The van der Waals surface area contributed by atoms with Crippen molar-refractivity contribution in [3.8, 4) is 0 Å². The third-order valence-electron chi connectivity index (χ3n) is 6.88. The van der Waals surface area contributed by atoms with Crippen molar-refractivity contribution in [2.75, 3.05) is 24.6 Å². The van der Waals surface area contributed by atoms with Crippen LogP contribution in [0.3, 0.4) is 0 Å². The fourth-order valence-electron chi connectivity index (χ4n) is 4.79. The molecule has 1 aliphatic carbocycles. The van der Waals surface area contributed by atoms with E-state index < -0.39 is 17.0 Å². The van der Waals surface area contributed by atoms with Gasteiger partial charge in [0.2, 0.25) is 5.43 Å². The number of pyridine rings is 1. The number of hydrogen-bond acceptors (Lipinski definition) is 5. The average Bonchev–Trinajstić information content (AvgIpc) is 3.51. The number of nitrogens with zero attached hydrogens (tertiary/aromatic N) is 2. The molecule has 1 aromatic heterocycles. The van der Waals surface area contributed by atoms with Crippen LogP contribution in [0.5, 0.6) is 0 Å². The summed E-state index contributed by atoms with van der Waals surface area (Å²) in [5.74, 6) is -1.44. The summed E-state index contributed by atoms with van der Waals surface area (Å²) in [5.41, 5.74) is 0.973. The largest absolute Gasteiger partial charge is 0.477 e. The molecule has 1 saturated carbocycles. The van der Waals surface area contributed by atoms with Gasteiger partial charge < -0.3 is 24.8 Å². The molecule has 4 rings (SSSR count). The molecular formula is C22H28N2O5. The van der Waals surface area contributed by atoms with Gasteiger partial charge in [0.15, 0.2) is 0 Å². The summed E-state index contributed by atoms with van der Waals surface area (Å²) in [4.78, 5) is 26.5. The molecule has 0 radical (unpaired) electrons. The second-order valence-corrected chi connectivity index (χ2v) is 8.78. The van der Waals surface area contributed by atoms with Crippen molar-refractivity contribution in [3.63, 3.8) is 0 Å². The number of piperidine rings is 1. The number of anilines is 1. The summed E-state index contributed by atoms with van der Waals surface area (Å²) >= 11 is 0. The molecule has 7 nitrogen and oxygen atoms in total. The van der Waals surface area contributed by atoms with Gasteiger partial charge in [-0.2, -0.15) is 0 Å². The molecule has 1 aromatic carbocycles. The van der Waals surface area contributed by atoms with Crippen LogP contribution in [0.1, 0.15) is 48.7 Å². The SMILES string of the molecule is Cc1c(N2CC(C)C(O)(CO)C(C)C2)ccc2c(=O)c(C(=O)O)cn(C3CC3)c12. The van der Waals surface area contributed by atoms with E-state index in [9.17, 15) is 24.9 Å². The van der Waals surface area contributed by atoms with E-state index in [2.05, 4.69) is 4.90 Å². The van der Waals surface area contributed by atoms with Crippen LogP contribution >= 0.6 is 0 Å². The van der Waals surface area contributed by atoms with Crippen LogP contribution in [-0.4, -0.2) is 51.2 Å². The topological polar surface area (TPSA) is 103 Å². The van der Waals surface area contributed by atoms with Gasteiger partial charge in [-0.15, -0.1) is 0 Å². The second-order valence-electron chi connectivity index (χ2n) is 8.78. The van der Waals surface area contributed by atoms with Gasteiger partial charge >= 0.3 is 5.97 Å². The van der Waals surface area contributed by atoms with Crippen LogP contribution in [0.15, 0.2) is 23.1 Å². The average molecular weight is 400 g/mol. The van der Waals surface area contributed by atoms with Gasteiger partial charge in [0, 0.05) is 48.2 Å². The van der Waals surface area contributed by atoms with Gasteiger partial charge in [-0.25, -0.2) is 4.79 Å². The van der Waals surface area contributed by atoms with Crippen LogP contribution in [0.4, 0.5) is 5.69 Å². The standard InChI is InChI=1S/C22H28N2O5/c1-12-8-23(9-13(2)22(12,29)11-25)18-7-6-16-19(14(18)3)24(15-4-5-15)10-17(20(16)26)21(27)28/h6-7,10,12-13,15,25,29H,4-5,8-9,11H2,1-3H3,(H,27,28). The summed E-state index contributed by atoms with van der Waals surface area (Å²) in [6, 6.07) is 3.84. The first kappa shape index (κ1) is 19.9. The maximum Gasteiger partial charge on any atom is 0.341 e. The number of aryl methyl sites for hydroxylation is 1. The molecule has 3 N–H and O–H groups in total. The minimum absolute atomic E-state index is 0.119. The van der Waals surface area contributed by atoms with Gasteiger partial charge in [0.05, 0.1) is 17.7 Å². The zero-order valence-corrected chi connectivity index (χ0v) is 17.1. The van der Waals surface area contributed by atoms with Crippen LogP contribution in [0.25, 0.3) is 10.9 Å². The van der Waals surface area contributed by atoms with Crippen molar-refractivity contribution in [1.29, 1.82) is 0 Å². The monoisotopic (exact) mass is 400 g/mol. The van der Waals surface area contributed by atoms with Gasteiger partial charge in [0.25, 0.3) is 0 Å². The molecule has 2 heterocycles. The normalized spacial score (nSPS) is 27.4. The Bertz CT molecular complexity index is 1030. The van der Waals surface area contributed by atoms with E-state index in [1.54, 1.807) is 6.07 Å². The van der Waals surface area contributed by atoms with Crippen molar-refractivity contribution < 1.29 is 20.1 Å². The Morgan fingerprint density at radius 3 is 2.34 bits per heavy atom. The van der Waals surface area contributed by atoms with Crippen LogP contribution in [-0.2, 0) is 0 Å². The number of aliphatic hydroxyl groups is 2.